The van der Waals surface area contributed by atoms with Gasteiger partial charge in [-0.25, -0.2) is 12.8 Å². The first-order chi connectivity index (χ1) is 24.2. The van der Waals surface area contributed by atoms with Crippen molar-refractivity contribution >= 4 is 39.1 Å². The van der Waals surface area contributed by atoms with Gasteiger partial charge in [-0.05, 0) is 73.4 Å². The number of benzene rings is 4. The lowest BCUT2D eigenvalue weighted by Crippen LogP contribution is -2.55. The highest BCUT2D eigenvalue weighted by atomic mass is 35.5. The molecule has 0 radical (unpaired) electrons. The molecule has 0 heterocycles. The number of rotatable bonds is 12. The summed E-state index contributed by atoms with van der Waals surface area (Å²) < 4.78 is 85.0. The molecule has 1 atom stereocenters. The average Bonchev–Trinajstić information content (AvgIpc) is 3.10. The Labute approximate surface area is 300 Å². The number of hydrogen-bond acceptors (Lipinski definition) is 4. The number of amides is 2. The third-order valence-corrected chi connectivity index (χ3v) is 11.0. The molecule has 4 aromatic rings. The molecule has 5 rings (SSSR count). The van der Waals surface area contributed by atoms with Crippen LogP contribution < -0.4 is 9.62 Å². The molecule has 0 saturated heterocycles. The molecule has 1 fully saturated rings. The van der Waals surface area contributed by atoms with Crippen LogP contribution in [0.15, 0.2) is 102 Å². The number of alkyl halides is 3. The van der Waals surface area contributed by atoms with Gasteiger partial charge in [-0.3, -0.25) is 13.9 Å². The van der Waals surface area contributed by atoms with Crippen LogP contribution in [-0.2, 0) is 38.8 Å². The number of hydrogen-bond donors (Lipinski definition) is 1. The molecule has 2 amide bonds. The molecule has 4 aromatic carbocycles. The predicted molar refractivity (Wildman–Crippen MR) is 188 cm³/mol. The van der Waals surface area contributed by atoms with Crippen molar-refractivity contribution in [1.82, 2.24) is 10.2 Å². The van der Waals surface area contributed by atoms with Crippen molar-refractivity contribution in [3.8, 4) is 0 Å². The van der Waals surface area contributed by atoms with Crippen LogP contribution in [0.4, 0.5) is 23.2 Å². The smallest absolute Gasteiger partial charge is 0.352 e. The Morgan fingerprint density at radius 3 is 2.16 bits per heavy atom. The van der Waals surface area contributed by atoms with E-state index in [2.05, 4.69) is 5.32 Å². The highest BCUT2D eigenvalue weighted by molar-refractivity contribution is 7.92. The molecule has 1 aliphatic rings. The lowest BCUT2D eigenvalue weighted by Gasteiger charge is -2.35. The largest absolute Gasteiger partial charge is 0.417 e. The van der Waals surface area contributed by atoms with Crippen LogP contribution >= 0.6 is 11.6 Å². The Morgan fingerprint density at radius 2 is 1.53 bits per heavy atom. The number of anilines is 1. The normalized spacial score (nSPS) is 14.5. The maximum atomic E-state index is 14.6. The summed E-state index contributed by atoms with van der Waals surface area (Å²) in [7, 11) is -4.66. The molecule has 1 N–H and O–H groups in total. The number of sulfonamides is 1. The molecular weight excluding hydrogens is 706 g/mol. The molecule has 0 spiro atoms. The van der Waals surface area contributed by atoms with E-state index < -0.39 is 62.7 Å². The number of carbonyl (C=O) groups is 2. The van der Waals surface area contributed by atoms with Gasteiger partial charge < -0.3 is 10.2 Å². The maximum absolute atomic E-state index is 14.6. The van der Waals surface area contributed by atoms with Gasteiger partial charge in [0.1, 0.15) is 18.4 Å². The minimum absolute atomic E-state index is 0.0518. The van der Waals surface area contributed by atoms with E-state index in [1.54, 1.807) is 37.3 Å². The zero-order valence-electron chi connectivity index (χ0n) is 27.9. The molecule has 0 unspecified atom stereocenters. The summed E-state index contributed by atoms with van der Waals surface area (Å²) in [5.41, 5.74) is 0.173. The lowest BCUT2D eigenvalue weighted by atomic mass is 9.94. The second-order valence-corrected chi connectivity index (χ2v) is 15.0. The minimum Gasteiger partial charge on any atom is -0.352 e. The van der Waals surface area contributed by atoms with E-state index in [4.69, 9.17) is 11.6 Å². The Bertz CT molecular complexity index is 1920. The zero-order chi connectivity index (χ0) is 36.8. The van der Waals surface area contributed by atoms with E-state index in [9.17, 15) is 35.6 Å². The van der Waals surface area contributed by atoms with Gasteiger partial charge in [0.2, 0.25) is 11.8 Å². The van der Waals surface area contributed by atoms with Crippen molar-refractivity contribution in [3.05, 3.63) is 130 Å². The summed E-state index contributed by atoms with van der Waals surface area (Å²) in [6, 6.07) is 21.2. The van der Waals surface area contributed by atoms with Gasteiger partial charge in [-0.15, -0.1) is 0 Å². The van der Waals surface area contributed by atoms with Gasteiger partial charge >= 0.3 is 6.18 Å². The zero-order valence-corrected chi connectivity index (χ0v) is 29.4. The highest BCUT2D eigenvalue weighted by Crippen LogP contribution is 2.38. The molecule has 0 aromatic heterocycles. The third kappa shape index (κ3) is 9.68. The molecule has 0 aliphatic heterocycles. The molecular formula is C38H38ClF4N3O4S. The number of nitrogens with zero attached hydrogens (tertiary/aromatic N) is 2. The van der Waals surface area contributed by atoms with Crippen molar-refractivity contribution in [3.63, 3.8) is 0 Å². The Kier molecular flexibility index (Phi) is 12.1. The molecule has 51 heavy (non-hydrogen) atoms. The van der Waals surface area contributed by atoms with Crippen LogP contribution in [0.2, 0.25) is 5.02 Å². The summed E-state index contributed by atoms with van der Waals surface area (Å²) in [6.07, 6.45) is -0.453. The van der Waals surface area contributed by atoms with Crippen molar-refractivity contribution in [2.75, 3.05) is 10.8 Å². The number of aryl methyl sites for hydroxylation is 1. The van der Waals surface area contributed by atoms with Crippen molar-refractivity contribution in [2.45, 2.75) is 75.1 Å². The summed E-state index contributed by atoms with van der Waals surface area (Å²) in [4.78, 5) is 29.8. The van der Waals surface area contributed by atoms with E-state index in [1.165, 1.54) is 53.4 Å². The van der Waals surface area contributed by atoms with Crippen LogP contribution in [0.5, 0.6) is 0 Å². The fourth-order valence-corrected chi connectivity index (χ4v) is 7.77. The van der Waals surface area contributed by atoms with Gasteiger partial charge in [-0.1, -0.05) is 91.0 Å². The fraction of sp³-hybridized carbons (Fsp3) is 0.316. The number of nitrogens with one attached hydrogen (secondary N) is 1. The average molecular weight is 744 g/mol. The van der Waals surface area contributed by atoms with Crippen LogP contribution in [0.1, 0.15) is 54.4 Å². The summed E-state index contributed by atoms with van der Waals surface area (Å²) in [5, 5.41) is 2.43. The van der Waals surface area contributed by atoms with E-state index in [1.807, 2.05) is 0 Å². The lowest BCUT2D eigenvalue weighted by molar-refractivity contribution is -0.140. The predicted octanol–water partition coefficient (Wildman–Crippen LogP) is 8.09. The second-order valence-electron chi connectivity index (χ2n) is 12.7. The van der Waals surface area contributed by atoms with E-state index in [0.717, 1.165) is 55.4 Å². The van der Waals surface area contributed by atoms with Gasteiger partial charge in [0.15, 0.2) is 0 Å². The summed E-state index contributed by atoms with van der Waals surface area (Å²) >= 11 is 5.89. The quantitative estimate of drug-likeness (QED) is 0.149. The van der Waals surface area contributed by atoms with Crippen LogP contribution in [0.3, 0.4) is 0 Å². The first kappa shape index (κ1) is 37.8. The Morgan fingerprint density at radius 1 is 0.882 bits per heavy atom. The molecule has 1 aliphatic carbocycles. The molecule has 7 nitrogen and oxygen atoms in total. The number of halogens is 5. The van der Waals surface area contributed by atoms with Crippen LogP contribution in [-0.4, -0.2) is 43.8 Å². The van der Waals surface area contributed by atoms with E-state index in [-0.39, 0.29) is 23.9 Å². The first-order valence-corrected chi connectivity index (χ1v) is 18.4. The van der Waals surface area contributed by atoms with Crippen LogP contribution in [0.25, 0.3) is 0 Å². The highest BCUT2D eigenvalue weighted by Gasteiger charge is 2.38. The summed E-state index contributed by atoms with van der Waals surface area (Å²) in [5.74, 6) is -1.84. The SMILES string of the molecule is Cc1ccc(S(=O)(=O)N(CC(=O)N(Cc2ccc(F)cc2)[C@H](Cc2ccccc2)C(=O)NC2CCCCC2)c2ccc(Cl)c(C(F)(F)F)c2)cc1. The number of carbonyl (C=O) groups excluding carboxylic acids is 2. The van der Waals surface area contributed by atoms with Gasteiger partial charge in [-0.2, -0.15) is 13.2 Å². The molecule has 1 saturated carbocycles. The van der Waals surface area contributed by atoms with E-state index in [0.29, 0.717) is 15.9 Å². The van der Waals surface area contributed by atoms with Gasteiger partial charge in [0, 0.05) is 19.0 Å². The fourth-order valence-electron chi connectivity index (χ4n) is 6.14. The van der Waals surface area contributed by atoms with Crippen molar-refractivity contribution < 1.29 is 35.6 Å². The first-order valence-electron chi connectivity index (χ1n) is 16.6. The third-order valence-electron chi connectivity index (χ3n) is 8.92. The van der Waals surface area contributed by atoms with Crippen LogP contribution in [0, 0.1) is 12.7 Å². The molecule has 0 bridgehead atoms. The topological polar surface area (TPSA) is 86.8 Å². The Hall–Kier alpha value is -4.42. The van der Waals surface area contributed by atoms with Crippen molar-refractivity contribution in [1.29, 1.82) is 0 Å². The molecule has 270 valence electrons. The maximum Gasteiger partial charge on any atom is 0.417 e. The monoisotopic (exact) mass is 743 g/mol. The van der Waals surface area contributed by atoms with Gasteiger partial charge in [0.05, 0.1) is 21.2 Å². The van der Waals surface area contributed by atoms with E-state index >= 15 is 0 Å². The minimum atomic E-state index is -4.93. The molecule has 13 heteroatoms. The van der Waals surface area contributed by atoms with Crippen molar-refractivity contribution in [2.24, 2.45) is 0 Å². The second kappa shape index (κ2) is 16.3. The Balaban J connectivity index is 1.61. The summed E-state index contributed by atoms with van der Waals surface area (Å²) in [6.45, 7) is 0.560. The standard InChI is InChI=1S/C38H38ClF4N3O4S/c1-26-12-19-32(20-13-26)51(49,50)46(31-18-21-34(39)33(23-31)38(41,42)43)25-36(47)45(24-28-14-16-29(40)17-15-28)35(22-27-8-4-2-5-9-27)37(48)44-30-10-6-3-7-11-30/h2,4-5,8-9,12-21,23,30,35H,3,6-7,10-11,22,24-25H2,1H3,(H,44,48)/t35-/m1/s1. The van der Waals surface area contributed by atoms with Gasteiger partial charge in [0.25, 0.3) is 10.0 Å².